The molecule has 0 unspecified atom stereocenters. The van der Waals surface area contributed by atoms with Crippen LogP contribution in [0.2, 0.25) is 0 Å². The molecule has 2 rings (SSSR count). The van der Waals surface area contributed by atoms with Gasteiger partial charge in [-0.2, -0.15) is 15.0 Å². The first-order valence-corrected chi connectivity index (χ1v) is 10.4. The summed E-state index contributed by atoms with van der Waals surface area (Å²) in [5.74, 6) is 0.455. The zero-order valence-corrected chi connectivity index (χ0v) is 18.6. The second-order valence-electron chi connectivity index (χ2n) is 6.65. The van der Waals surface area contributed by atoms with Gasteiger partial charge in [0.25, 0.3) is 0 Å². The first-order chi connectivity index (χ1) is 14.0. The van der Waals surface area contributed by atoms with E-state index in [0.29, 0.717) is 25.1 Å². The van der Waals surface area contributed by atoms with Crippen LogP contribution in [-0.4, -0.2) is 92.4 Å². The number of piperazine rings is 1. The number of aromatic nitrogens is 3. The Hall–Kier alpha value is -2.20. The largest absolute Gasteiger partial charge is 0.461 e. The second-order valence-corrected chi connectivity index (χ2v) is 6.65. The van der Waals surface area contributed by atoms with E-state index in [2.05, 4.69) is 38.7 Å². The average Bonchev–Trinajstić information content (AvgIpc) is 2.72. The van der Waals surface area contributed by atoms with Crippen molar-refractivity contribution < 1.29 is 14.3 Å². The molecule has 166 valence electrons. The normalized spacial score (nSPS) is 14.2. The standard InChI is InChI=1S/C17H31N7O3.C2H6/c1-4-5-10-26-11-12-27-17-20-15(23(3)13-14(18)25)19-16(21-17)24-8-6-22(2)7-9-24;1-2/h4-13H2,1-3H3,(H2,18,25);1-2H3. The number of hydrogen-bond acceptors (Lipinski definition) is 9. The van der Waals surface area contributed by atoms with Gasteiger partial charge in [0.1, 0.15) is 6.61 Å². The number of amides is 1. The summed E-state index contributed by atoms with van der Waals surface area (Å²) in [4.78, 5) is 30.4. The predicted molar refractivity (Wildman–Crippen MR) is 115 cm³/mol. The minimum Gasteiger partial charge on any atom is -0.461 e. The lowest BCUT2D eigenvalue weighted by molar-refractivity contribution is -0.116. The minimum absolute atomic E-state index is 0.0196. The van der Waals surface area contributed by atoms with Crippen molar-refractivity contribution in [2.24, 2.45) is 5.73 Å². The van der Waals surface area contributed by atoms with Gasteiger partial charge in [0, 0.05) is 39.8 Å². The highest BCUT2D eigenvalue weighted by molar-refractivity contribution is 5.78. The lowest BCUT2D eigenvalue weighted by atomic mass is 10.3. The summed E-state index contributed by atoms with van der Waals surface area (Å²) in [7, 11) is 3.80. The summed E-state index contributed by atoms with van der Waals surface area (Å²) in [6, 6.07) is 0.226. The molecule has 1 saturated heterocycles. The van der Waals surface area contributed by atoms with Crippen molar-refractivity contribution in [3.8, 4) is 6.01 Å². The summed E-state index contributed by atoms with van der Waals surface area (Å²) in [6.07, 6.45) is 2.12. The van der Waals surface area contributed by atoms with Crippen LogP contribution in [0.15, 0.2) is 0 Å². The fourth-order valence-electron chi connectivity index (χ4n) is 2.56. The van der Waals surface area contributed by atoms with Crippen LogP contribution in [0.1, 0.15) is 33.6 Å². The molecule has 0 aliphatic carbocycles. The molecule has 1 aliphatic heterocycles. The fraction of sp³-hybridized carbons (Fsp3) is 0.789. The van der Waals surface area contributed by atoms with Crippen molar-refractivity contribution in [2.45, 2.75) is 33.6 Å². The number of hydrogen-bond donors (Lipinski definition) is 1. The maximum absolute atomic E-state index is 11.2. The average molecular weight is 412 g/mol. The third-order valence-electron chi connectivity index (χ3n) is 4.21. The van der Waals surface area contributed by atoms with Crippen LogP contribution < -0.4 is 20.3 Å². The molecule has 2 heterocycles. The summed E-state index contributed by atoms with van der Waals surface area (Å²) < 4.78 is 11.2. The number of anilines is 2. The van der Waals surface area contributed by atoms with Gasteiger partial charge < -0.3 is 29.9 Å². The molecule has 10 nitrogen and oxygen atoms in total. The number of nitrogens with zero attached hydrogens (tertiary/aromatic N) is 6. The zero-order chi connectivity index (χ0) is 21.6. The monoisotopic (exact) mass is 411 g/mol. The Kier molecular flexibility index (Phi) is 11.9. The van der Waals surface area contributed by atoms with Gasteiger partial charge in [-0.1, -0.05) is 27.2 Å². The third-order valence-corrected chi connectivity index (χ3v) is 4.21. The number of carbonyl (C=O) groups excluding carboxylic acids is 1. The van der Waals surface area contributed by atoms with Gasteiger partial charge in [-0.15, -0.1) is 0 Å². The van der Waals surface area contributed by atoms with Crippen LogP contribution in [-0.2, 0) is 9.53 Å². The Morgan fingerprint density at radius 1 is 1.10 bits per heavy atom. The number of ether oxygens (including phenoxy) is 2. The molecule has 0 aromatic carbocycles. The van der Waals surface area contributed by atoms with Crippen molar-refractivity contribution in [1.29, 1.82) is 0 Å². The molecule has 1 amide bonds. The van der Waals surface area contributed by atoms with Gasteiger partial charge >= 0.3 is 6.01 Å². The summed E-state index contributed by atoms with van der Waals surface area (Å²) in [5, 5.41) is 0. The van der Waals surface area contributed by atoms with E-state index in [1.807, 2.05) is 13.8 Å². The second kappa shape index (κ2) is 13.9. The molecule has 0 radical (unpaired) electrons. The van der Waals surface area contributed by atoms with Crippen molar-refractivity contribution in [2.75, 3.05) is 76.4 Å². The van der Waals surface area contributed by atoms with Crippen molar-refractivity contribution in [3.05, 3.63) is 0 Å². The van der Waals surface area contributed by atoms with Crippen LogP contribution in [0.25, 0.3) is 0 Å². The molecule has 10 heteroatoms. The molecular formula is C19H37N7O3. The topological polar surface area (TPSA) is 110 Å². The highest BCUT2D eigenvalue weighted by Crippen LogP contribution is 2.18. The van der Waals surface area contributed by atoms with Gasteiger partial charge in [-0.25, -0.2) is 0 Å². The molecule has 2 N–H and O–H groups in total. The molecule has 1 fully saturated rings. The van der Waals surface area contributed by atoms with Crippen LogP contribution >= 0.6 is 0 Å². The molecule has 0 atom stereocenters. The molecule has 0 spiro atoms. The van der Waals surface area contributed by atoms with Crippen molar-refractivity contribution in [3.63, 3.8) is 0 Å². The maximum Gasteiger partial charge on any atom is 0.323 e. The van der Waals surface area contributed by atoms with E-state index >= 15 is 0 Å². The van der Waals surface area contributed by atoms with Gasteiger partial charge in [0.15, 0.2) is 0 Å². The maximum atomic E-state index is 11.2. The molecular weight excluding hydrogens is 374 g/mol. The molecule has 0 saturated carbocycles. The first kappa shape index (κ1) is 24.8. The minimum atomic E-state index is -0.453. The van der Waals surface area contributed by atoms with E-state index in [-0.39, 0.29) is 12.6 Å². The van der Waals surface area contributed by atoms with Gasteiger partial charge in [-0.3, -0.25) is 4.79 Å². The molecule has 29 heavy (non-hydrogen) atoms. The van der Waals surface area contributed by atoms with Crippen molar-refractivity contribution >= 4 is 17.8 Å². The van der Waals surface area contributed by atoms with Gasteiger partial charge in [0.05, 0.1) is 13.2 Å². The van der Waals surface area contributed by atoms with Crippen LogP contribution in [0.4, 0.5) is 11.9 Å². The van der Waals surface area contributed by atoms with Gasteiger partial charge in [0.2, 0.25) is 17.8 Å². The SMILES string of the molecule is CC.CCCCOCCOc1nc(N(C)CC(N)=O)nc(N2CCN(C)CC2)n1. The van der Waals surface area contributed by atoms with Crippen molar-refractivity contribution in [1.82, 2.24) is 19.9 Å². The van der Waals surface area contributed by atoms with E-state index in [1.165, 1.54) is 0 Å². The van der Waals surface area contributed by atoms with E-state index in [1.54, 1.807) is 11.9 Å². The highest BCUT2D eigenvalue weighted by Gasteiger charge is 2.20. The molecule has 1 aromatic rings. The number of nitrogens with two attached hydrogens (primary N) is 1. The quantitative estimate of drug-likeness (QED) is 0.528. The highest BCUT2D eigenvalue weighted by atomic mass is 16.5. The number of carbonyl (C=O) groups is 1. The molecule has 1 aliphatic rings. The van der Waals surface area contributed by atoms with Gasteiger partial charge in [-0.05, 0) is 13.5 Å². The third kappa shape index (κ3) is 9.23. The van der Waals surface area contributed by atoms with E-state index in [9.17, 15) is 4.79 Å². The number of likely N-dealkylation sites (N-methyl/N-ethyl adjacent to an activating group) is 2. The zero-order valence-electron chi connectivity index (χ0n) is 18.6. The summed E-state index contributed by atoms with van der Waals surface area (Å²) in [5.41, 5.74) is 5.29. The van der Waals surface area contributed by atoms with Crippen LogP contribution in [0, 0.1) is 0 Å². The number of rotatable bonds is 11. The Balaban J connectivity index is 0.00000204. The van der Waals surface area contributed by atoms with E-state index < -0.39 is 5.91 Å². The summed E-state index contributed by atoms with van der Waals surface area (Å²) in [6.45, 7) is 11.2. The smallest absolute Gasteiger partial charge is 0.323 e. The lowest BCUT2D eigenvalue weighted by Gasteiger charge is -2.32. The Morgan fingerprint density at radius 3 is 2.41 bits per heavy atom. The van der Waals surface area contributed by atoms with E-state index in [4.69, 9.17) is 15.2 Å². The van der Waals surface area contributed by atoms with E-state index in [0.717, 1.165) is 45.6 Å². The first-order valence-electron chi connectivity index (χ1n) is 10.4. The van der Waals surface area contributed by atoms with Crippen LogP contribution in [0.5, 0.6) is 6.01 Å². The Morgan fingerprint density at radius 2 is 1.79 bits per heavy atom. The Labute approximate surface area is 174 Å². The summed E-state index contributed by atoms with van der Waals surface area (Å²) >= 11 is 0. The van der Waals surface area contributed by atoms with Crippen LogP contribution in [0.3, 0.4) is 0 Å². The predicted octanol–water partition coefficient (Wildman–Crippen LogP) is 0.767. The Bertz CT molecular complexity index is 595. The lowest BCUT2D eigenvalue weighted by Crippen LogP contribution is -2.45. The molecule has 0 bridgehead atoms. The molecule has 1 aromatic heterocycles. The number of unbranched alkanes of at least 4 members (excludes halogenated alkanes) is 1. The fourth-order valence-corrected chi connectivity index (χ4v) is 2.56. The number of primary amides is 1.